The van der Waals surface area contributed by atoms with Crippen LogP contribution in [0.4, 0.5) is 11.4 Å². The molecule has 2 aromatic carbocycles. The molecule has 138 valence electrons. The molecule has 27 heavy (non-hydrogen) atoms. The number of anilines is 2. The van der Waals surface area contributed by atoms with Gasteiger partial charge in [0.2, 0.25) is 0 Å². The van der Waals surface area contributed by atoms with Crippen LogP contribution in [0.25, 0.3) is 0 Å². The first-order valence-electron chi connectivity index (χ1n) is 7.83. The number of benzene rings is 2. The van der Waals surface area contributed by atoms with Gasteiger partial charge in [-0.3, -0.25) is 9.59 Å². The highest BCUT2D eigenvalue weighted by molar-refractivity contribution is 14.1. The molecular weight excluding hydrogens is 483 g/mol. The second-order valence-corrected chi connectivity index (χ2v) is 7.38. The third kappa shape index (κ3) is 3.70. The van der Waals surface area contributed by atoms with Gasteiger partial charge in [-0.2, -0.15) is 0 Å². The van der Waals surface area contributed by atoms with Gasteiger partial charge in [0, 0.05) is 9.26 Å². The van der Waals surface area contributed by atoms with Crippen molar-refractivity contribution in [2.45, 2.75) is 6.92 Å². The Hall–Kier alpha value is -2.39. The lowest BCUT2D eigenvalue weighted by molar-refractivity contribution is -0.120. The van der Waals surface area contributed by atoms with E-state index in [9.17, 15) is 14.4 Å². The molecule has 2 aromatic rings. The van der Waals surface area contributed by atoms with Gasteiger partial charge < -0.3 is 10.1 Å². The molecule has 2 amide bonds. The Morgan fingerprint density at radius 2 is 1.78 bits per heavy atom. The third-order valence-corrected chi connectivity index (χ3v) is 5.04. The van der Waals surface area contributed by atoms with Crippen molar-refractivity contribution in [2.75, 3.05) is 17.3 Å². The maximum absolute atomic E-state index is 12.8. The number of imide groups is 1. The molecule has 8 heteroatoms. The van der Waals surface area contributed by atoms with Crippen LogP contribution in [-0.2, 0) is 14.3 Å². The molecule has 6 nitrogen and oxygen atoms in total. The molecule has 1 aliphatic rings. The lowest BCUT2D eigenvalue weighted by Gasteiger charge is -2.16. The highest BCUT2D eigenvalue weighted by atomic mass is 127. The molecule has 0 saturated heterocycles. The van der Waals surface area contributed by atoms with Gasteiger partial charge in [0.1, 0.15) is 10.7 Å². The van der Waals surface area contributed by atoms with Crippen molar-refractivity contribution in [1.29, 1.82) is 0 Å². The van der Waals surface area contributed by atoms with E-state index >= 15 is 0 Å². The van der Waals surface area contributed by atoms with Crippen LogP contribution < -0.4 is 10.2 Å². The minimum absolute atomic E-state index is 0.0167. The van der Waals surface area contributed by atoms with Gasteiger partial charge in [-0.05, 0) is 77.5 Å². The number of hydrogen-bond donors (Lipinski definition) is 1. The Balaban J connectivity index is 1.88. The molecule has 0 bridgehead atoms. The topological polar surface area (TPSA) is 75.7 Å². The summed E-state index contributed by atoms with van der Waals surface area (Å²) in [5.41, 5.74) is 2.25. The molecule has 3 rings (SSSR count). The number of hydrogen-bond acceptors (Lipinski definition) is 5. The van der Waals surface area contributed by atoms with Gasteiger partial charge in [-0.15, -0.1) is 0 Å². The summed E-state index contributed by atoms with van der Waals surface area (Å²) in [5, 5.41) is 2.78. The van der Waals surface area contributed by atoms with Gasteiger partial charge in [0.05, 0.1) is 18.4 Å². The maximum Gasteiger partial charge on any atom is 0.337 e. The van der Waals surface area contributed by atoms with Crippen molar-refractivity contribution in [1.82, 2.24) is 0 Å². The van der Waals surface area contributed by atoms with Crippen molar-refractivity contribution in [3.05, 3.63) is 67.9 Å². The highest BCUT2D eigenvalue weighted by Crippen LogP contribution is 2.31. The Kier molecular flexibility index (Phi) is 5.52. The predicted octanol–water partition coefficient (Wildman–Crippen LogP) is 3.82. The largest absolute Gasteiger partial charge is 0.465 e. The fourth-order valence-corrected chi connectivity index (χ4v) is 3.47. The van der Waals surface area contributed by atoms with Gasteiger partial charge in [-0.1, -0.05) is 11.6 Å². The van der Waals surface area contributed by atoms with Crippen LogP contribution in [0, 0.1) is 10.5 Å². The molecule has 1 aliphatic heterocycles. The van der Waals surface area contributed by atoms with E-state index in [0.29, 0.717) is 16.9 Å². The number of halogens is 2. The van der Waals surface area contributed by atoms with Gasteiger partial charge in [0.15, 0.2) is 0 Å². The number of amides is 2. The number of methoxy groups -OCH3 is 1. The van der Waals surface area contributed by atoms with Crippen molar-refractivity contribution in [3.8, 4) is 0 Å². The molecule has 0 atom stereocenters. The monoisotopic (exact) mass is 496 g/mol. The van der Waals surface area contributed by atoms with Crippen LogP contribution in [0.3, 0.4) is 0 Å². The lowest BCUT2D eigenvalue weighted by Crippen LogP contribution is -2.32. The Labute approximate surface area is 174 Å². The molecule has 0 aromatic heterocycles. The Morgan fingerprint density at radius 3 is 2.37 bits per heavy atom. The van der Waals surface area contributed by atoms with E-state index in [4.69, 9.17) is 11.6 Å². The van der Waals surface area contributed by atoms with E-state index in [-0.39, 0.29) is 10.7 Å². The number of esters is 1. The Bertz CT molecular complexity index is 986. The number of nitrogens with one attached hydrogen (secondary N) is 1. The van der Waals surface area contributed by atoms with Crippen LogP contribution >= 0.6 is 34.2 Å². The summed E-state index contributed by atoms with van der Waals surface area (Å²) in [6, 6.07) is 11.6. The van der Waals surface area contributed by atoms with Crippen LogP contribution in [0.5, 0.6) is 0 Å². The number of ether oxygens (including phenoxy) is 1. The van der Waals surface area contributed by atoms with Gasteiger partial charge in [0.25, 0.3) is 11.8 Å². The number of rotatable bonds is 4. The molecule has 1 N–H and O–H groups in total. The fourth-order valence-electron chi connectivity index (χ4n) is 2.61. The SMILES string of the molecule is COC(=O)c1ccc(N2C(=O)C(Cl)=C(Nc3ccc(I)cc3C)C2=O)cc1. The molecule has 0 saturated carbocycles. The third-order valence-electron chi connectivity index (χ3n) is 4.02. The zero-order valence-electron chi connectivity index (χ0n) is 14.4. The molecule has 0 unspecified atom stereocenters. The average Bonchev–Trinajstić information content (AvgIpc) is 2.86. The summed E-state index contributed by atoms with van der Waals surface area (Å²) < 4.78 is 5.69. The van der Waals surface area contributed by atoms with E-state index in [2.05, 4.69) is 32.6 Å². The fraction of sp³-hybridized carbons (Fsp3) is 0.105. The number of aryl methyl sites for hydroxylation is 1. The van der Waals surface area contributed by atoms with Crippen molar-refractivity contribution < 1.29 is 19.1 Å². The zero-order chi connectivity index (χ0) is 19.7. The second-order valence-electron chi connectivity index (χ2n) is 5.76. The molecule has 0 spiro atoms. The van der Waals surface area contributed by atoms with Crippen LogP contribution in [0.15, 0.2) is 53.2 Å². The summed E-state index contributed by atoms with van der Waals surface area (Å²) in [7, 11) is 1.28. The smallest absolute Gasteiger partial charge is 0.337 e. The molecule has 0 aliphatic carbocycles. The summed E-state index contributed by atoms with van der Waals surface area (Å²) in [6.07, 6.45) is 0. The molecule has 1 heterocycles. The normalized spacial score (nSPS) is 14.0. The average molecular weight is 497 g/mol. The minimum atomic E-state index is -0.627. The zero-order valence-corrected chi connectivity index (χ0v) is 17.3. The summed E-state index contributed by atoms with van der Waals surface area (Å²) in [6.45, 7) is 1.89. The van der Waals surface area contributed by atoms with E-state index in [1.807, 2.05) is 25.1 Å². The first-order valence-corrected chi connectivity index (χ1v) is 9.29. The first-order chi connectivity index (χ1) is 12.8. The lowest BCUT2D eigenvalue weighted by atomic mass is 10.2. The standard InChI is InChI=1S/C19H14ClIN2O4/c1-10-9-12(21)5-8-14(10)22-16-15(20)17(24)23(18(16)25)13-6-3-11(4-7-13)19(26)27-2/h3-9,22H,1-2H3. The maximum atomic E-state index is 12.8. The van der Waals surface area contributed by atoms with E-state index < -0.39 is 17.8 Å². The van der Waals surface area contributed by atoms with Crippen LogP contribution in [0.1, 0.15) is 15.9 Å². The summed E-state index contributed by atoms with van der Waals surface area (Å²) >= 11 is 8.33. The van der Waals surface area contributed by atoms with E-state index in [1.165, 1.54) is 31.4 Å². The van der Waals surface area contributed by atoms with Gasteiger partial charge in [-0.25, -0.2) is 9.69 Å². The van der Waals surface area contributed by atoms with Gasteiger partial charge >= 0.3 is 5.97 Å². The second kappa shape index (κ2) is 7.69. The molecule has 0 radical (unpaired) electrons. The summed E-state index contributed by atoms with van der Waals surface area (Å²) in [4.78, 5) is 37.8. The summed E-state index contributed by atoms with van der Waals surface area (Å²) in [5.74, 6) is -1.69. The van der Waals surface area contributed by atoms with Crippen molar-refractivity contribution >= 4 is 63.4 Å². The highest BCUT2D eigenvalue weighted by Gasteiger charge is 2.39. The van der Waals surface area contributed by atoms with Crippen LogP contribution in [-0.4, -0.2) is 24.9 Å². The minimum Gasteiger partial charge on any atom is -0.465 e. The number of carbonyl (C=O) groups is 3. The predicted molar refractivity (Wildman–Crippen MR) is 111 cm³/mol. The van der Waals surface area contributed by atoms with Crippen molar-refractivity contribution in [3.63, 3.8) is 0 Å². The number of carbonyl (C=O) groups excluding carboxylic acids is 3. The van der Waals surface area contributed by atoms with Crippen molar-refractivity contribution in [2.24, 2.45) is 0 Å². The Morgan fingerprint density at radius 1 is 1.11 bits per heavy atom. The number of nitrogens with zero attached hydrogens (tertiary/aromatic N) is 1. The van der Waals surface area contributed by atoms with E-state index in [0.717, 1.165) is 14.0 Å². The molecule has 0 fully saturated rings. The van der Waals surface area contributed by atoms with E-state index in [1.54, 1.807) is 0 Å². The quantitative estimate of drug-likeness (QED) is 0.396. The van der Waals surface area contributed by atoms with Crippen LogP contribution in [0.2, 0.25) is 0 Å². The first kappa shape index (κ1) is 19.4. The molecular formula is C19H14ClIN2O4.